The van der Waals surface area contributed by atoms with Crippen LogP contribution in [-0.4, -0.2) is 49.6 Å². The second-order valence-electron chi connectivity index (χ2n) is 8.55. The van der Waals surface area contributed by atoms with Crippen LogP contribution in [0.4, 0.5) is 0 Å². The van der Waals surface area contributed by atoms with Crippen LogP contribution in [0.3, 0.4) is 0 Å². The zero-order valence-electron chi connectivity index (χ0n) is 17.0. The summed E-state index contributed by atoms with van der Waals surface area (Å²) < 4.78 is 0. The molecule has 150 valence electrons. The van der Waals surface area contributed by atoms with Crippen molar-refractivity contribution in [2.24, 2.45) is 11.8 Å². The van der Waals surface area contributed by atoms with Crippen LogP contribution in [0, 0.1) is 11.8 Å². The molecule has 2 atom stereocenters. The first-order chi connectivity index (χ1) is 13.2. The number of amides is 1. The maximum absolute atomic E-state index is 12.2. The molecule has 2 saturated heterocycles. The largest absolute Gasteiger partial charge is 0.356 e. The van der Waals surface area contributed by atoms with Crippen LogP contribution in [0.25, 0.3) is 0 Å². The topological polar surface area (TPSA) is 44.4 Å². The SMILES string of the molecule is C[C@H]1C[C@@H](C(=O)NCCCCN2CCC(Cc3ccccc3)CC2)CCN1. The molecule has 4 heteroatoms. The van der Waals surface area contributed by atoms with E-state index in [9.17, 15) is 4.79 Å². The number of carbonyl (C=O) groups excluding carboxylic acids is 1. The Bertz CT molecular complexity index is 554. The van der Waals surface area contributed by atoms with E-state index in [0.29, 0.717) is 6.04 Å². The lowest BCUT2D eigenvalue weighted by atomic mass is 9.90. The van der Waals surface area contributed by atoms with Gasteiger partial charge in [0, 0.05) is 18.5 Å². The van der Waals surface area contributed by atoms with Crippen LogP contribution in [0.2, 0.25) is 0 Å². The smallest absolute Gasteiger partial charge is 0.223 e. The highest BCUT2D eigenvalue weighted by atomic mass is 16.1. The molecule has 2 N–H and O–H groups in total. The van der Waals surface area contributed by atoms with Crippen molar-refractivity contribution in [1.29, 1.82) is 0 Å². The summed E-state index contributed by atoms with van der Waals surface area (Å²) in [6.07, 6.45) is 8.11. The fraction of sp³-hybridized carbons (Fsp3) is 0.696. The number of hydrogen-bond acceptors (Lipinski definition) is 3. The Balaban J connectivity index is 1.23. The number of nitrogens with zero attached hydrogens (tertiary/aromatic N) is 1. The average Bonchev–Trinajstić information content (AvgIpc) is 2.69. The van der Waals surface area contributed by atoms with Gasteiger partial charge in [-0.15, -0.1) is 0 Å². The van der Waals surface area contributed by atoms with Crippen molar-refractivity contribution in [3.8, 4) is 0 Å². The van der Waals surface area contributed by atoms with Gasteiger partial charge in [0.05, 0.1) is 0 Å². The first-order valence-corrected chi connectivity index (χ1v) is 11.0. The lowest BCUT2D eigenvalue weighted by molar-refractivity contribution is -0.126. The lowest BCUT2D eigenvalue weighted by Gasteiger charge is -2.32. The number of unbranched alkanes of at least 4 members (excludes halogenated alkanes) is 1. The van der Waals surface area contributed by atoms with Gasteiger partial charge in [-0.05, 0) is 89.5 Å². The summed E-state index contributed by atoms with van der Waals surface area (Å²) in [5.74, 6) is 1.32. The van der Waals surface area contributed by atoms with Gasteiger partial charge in [0.25, 0.3) is 0 Å². The number of piperidine rings is 2. The molecular weight excluding hydrogens is 334 g/mol. The Morgan fingerprint density at radius 2 is 1.93 bits per heavy atom. The molecule has 1 aromatic carbocycles. The van der Waals surface area contributed by atoms with Crippen molar-refractivity contribution in [1.82, 2.24) is 15.5 Å². The van der Waals surface area contributed by atoms with E-state index in [1.165, 1.54) is 50.9 Å². The molecule has 0 spiro atoms. The van der Waals surface area contributed by atoms with Gasteiger partial charge in [-0.3, -0.25) is 4.79 Å². The second kappa shape index (κ2) is 10.8. The van der Waals surface area contributed by atoms with Crippen LogP contribution < -0.4 is 10.6 Å². The van der Waals surface area contributed by atoms with Crippen molar-refractivity contribution in [2.45, 2.75) is 57.9 Å². The molecule has 0 radical (unpaired) electrons. The highest BCUT2D eigenvalue weighted by molar-refractivity contribution is 5.78. The summed E-state index contributed by atoms with van der Waals surface area (Å²) in [6, 6.07) is 11.4. The van der Waals surface area contributed by atoms with E-state index in [4.69, 9.17) is 0 Å². The van der Waals surface area contributed by atoms with Gasteiger partial charge in [-0.2, -0.15) is 0 Å². The molecule has 2 aliphatic rings. The molecule has 0 unspecified atom stereocenters. The van der Waals surface area contributed by atoms with Gasteiger partial charge in [0.2, 0.25) is 5.91 Å². The predicted molar refractivity (Wildman–Crippen MR) is 112 cm³/mol. The number of rotatable bonds is 8. The Labute approximate surface area is 165 Å². The van der Waals surface area contributed by atoms with E-state index in [-0.39, 0.29) is 11.8 Å². The molecule has 2 fully saturated rings. The molecule has 3 rings (SSSR count). The summed E-state index contributed by atoms with van der Waals surface area (Å²) in [5.41, 5.74) is 1.48. The van der Waals surface area contributed by atoms with Gasteiger partial charge in [-0.25, -0.2) is 0 Å². The Morgan fingerprint density at radius 1 is 1.15 bits per heavy atom. The summed E-state index contributed by atoms with van der Waals surface area (Å²) in [4.78, 5) is 14.9. The molecule has 27 heavy (non-hydrogen) atoms. The normalized spacial score (nSPS) is 24.6. The monoisotopic (exact) mass is 371 g/mol. The van der Waals surface area contributed by atoms with Gasteiger partial charge in [0.15, 0.2) is 0 Å². The lowest BCUT2D eigenvalue weighted by Crippen LogP contribution is -2.42. The Kier molecular flexibility index (Phi) is 8.15. The molecular formula is C23H37N3O. The zero-order chi connectivity index (χ0) is 18.9. The van der Waals surface area contributed by atoms with Crippen LogP contribution in [0.15, 0.2) is 30.3 Å². The molecule has 1 amide bonds. The highest BCUT2D eigenvalue weighted by Gasteiger charge is 2.24. The van der Waals surface area contributed by atoms with Crippen molar-refractivity contribution in [3.05, 3.63) is 35.9 Å². The molecule has 0 aromatic heterocycles. The summed E-state index contributed by atoms with van der Waals surface area (Å²) >= 11 is 0. The fourth-order valence-electron chi connectivity index (χ4n) is 4.55. The molecule has 4 nitrogen and oxygen atoms in total. The van der Waals surface area contributed by atoms with Gasteiger partial charge < -0.3 is 15.5 Å². The second-order valence-corrected chi connectivity index (χ2v) is 8.55. The van der Waals surface area contributed by atoms with E-state index in [1.807, 2.05) is 0 Å². The molecule has 2 aliphatic heterocycles. The third-order valence-corrected chi connectivity index (χ3v) is 6.27. The zero-order valence-corrected chi connectivity index (χ0v) is 17.0. The first-order valence-electron chi connectivity index (χ1n) is 11.0. The molecule has 0 saturated carbocycles. The van der Waals surface area contributed by atoms with Gasteiger partial charge >= 0.3 is 0 Å². The molecule has 1 aromatic rings. The third-order valence-electron chi connectivity index (χ3n) is 6.27. The number of nitrogens with one attached hydrogen (secondary N) is 2. The third kappa shape index (κ3) is 6.93. The molecule has 2 heterocycles. The van der Waals surface area contributed by atoms with E-state index in [2.05, 4.69) is 52.8 Å². The Morgan fingerprint density at radius 3 is 2.67 bits per heavy atom. The standard InChI is InChI=1S/C23H37N3O/c1-19-17-22(9-13-24-19)23(27)25-12-5-6-14-26-15-10-21(11-16-26)18-20-7-3-2-4-8-20/h2-4,7-8,19,21-22,24H,5-6,9-18H2,1H3,(H,25,27)/t19-,22-/m0/s1. The van der Waals surface area contributed by atoms with Crippen LogP contribution in [0.1, 0.15) is 51.0 Å². The number of carbonyl (C=O) groups is 1. The van der Waals surface area contributed by atoms with E-state index >= 15 is 0 Å². The predicted octanol–water partition coefficient (Wildman–Crippen LogP) is 3.23. The maximum Gasteiger partial charge on any atom is 0.223 e. The number of benzene rings is 1. The summed E-state index contributed by atoms with van der Waals surface area (Å²) in [6.45, 7) is 7.62. The van der Waals surface area contributed by atoms with Crippen molar-refractivity contribution < 1.29 is 4.79 Å². The van der Waals surface area contributed by atoms with Gasteiger partial charge in [-0.1, -0.05) is 30.3 Å². The first kappa shape index (κ1) is 20.3. The van der Waals surface area contributed by atoms with Crippen molar-refractivity contribution >= 4 is 5.91 Å². The quantitative estimate of drug-likeness (QED) is 0.690. The van der Waals surface area contributed by atoms with Crippen molar-refractivity contribution in [3.63, 3.8) is 0 Å². The van der Waals surface area contributed by atoms with E-state index in [1.54, 1.807) is 0 Å². The minimum Gasteiger partial charge on any atom is -0.356 e. The van der Waals surface area contributed by atoms with Crippen molar-refractivity contribution in [2.75, 3.05) is 32.7 Å². The van der Waals surface area contributed by atoms with E-state index in [0.717, 1.165) is 38.3 Å². The fourth-order valence-corrected chi connectivity index (χ4v) is 4.55. The molecule has 0 aliphatic carbocycles. The minimum atomic E-state index is 0.213. The summed E-state index contributed by atoms with van der Waals surface area (Å²) in [7, 11) is 0. The van der Waals surface area contributed by atoms with Crippen LogP contribution in [-0.2, 0) is 11.2 Å². The Hall–Kier alpha value is -1.39. The summed E-state index contributed by atoms with van der Waals surface area (Å²) in [5, 5.41) is 6.57. The average molecular weight is 372 g/mol. The minimum absolute atomic E-state index is 0.213. The van der Waals surface area contributed by atoms with Crippen LogP contribution >= 0.6 is 0 Å². The maximum atomic E-state index is 12.2. The number of hydrogen-bond donors (Lipinski definition) is 2. The van der Waals surface area contributed by atoms with E-state index < -0.39 is 0 Å². The molecule has 0 bridgehead atoms. The van der Waals surface area contributed by atoms with Gasteiger partial charge in [0.1, 0.15) is 0 Å². The van der Waals surface area contributed by atoms with Crippen LogP contribution in [0.5, 0.6) is 0 Å². The highest BCUT2D eigenvalue weighted by Crippen LogP contribution is 2.22. The number of likely N-dealkylation sites (tertiary alicyclic amines) is 1.